The molecule has 5 heteroatoms. The molecule has 0 spiro atoms. The van der Waals surface area contributed by atoms with Gasteiger partial charge in [-0.25, -0.2) is 8.42 Å². The molecule has 0 saturated carbocycles. The molecule has 0 saturated heterocycles. The van der Waals surface area contributed by atoms with Crippen molar-refractivity contribution >= 4 is 10.0 Å². The van der Waals surface area contributed by atoms with Crippen molar-refractivity contribution in [3.63, 3.8) is 0 Å². The van der Waals surface area contributed by atoms with Crippen LogP contribution >= 0.6 is 0 Å². The molecule has 0 heterocycles. The lowest BCUT2D eigenvalue weighted by Gasteiger charge is -2.28. The molecule has 1 rings (SSSR count). The molecule has 4 nitrogen and oxygen atoms in total. The fraction of sp³-hybridized carbons (Fsp3) is 0.600. The normalized spacial score (nSPS) is 14.1. The summed E-state index contributed by atoms with van der Waals surface area (Å²) in [6.07, 6.45) is 0. The van der Waals surface area contributed by atoms with Crippen molar-refractivity contribution in [3.8, 4) is 0 Å². The summed E-state index contributed by atoms with van der Waals surface area (Å²) in [7, 11) is -1.85. The van der Waals surface area contributed by atoms with Crippen LogP contribution in [0.4, 0.5) is 0 Å². The Bertz CT molecular complexity index is 580. The van der Waals surface area contributed by atoms with Crippen LogP contribution in [0.25, 0.3) is 0 Å². The first kappa shape index (κ1) is 17.1. The van der Waals surface area contributed by atoms with Gasteiger partial charge in [0.15, 0.2) is 0 Å². The molecule has 0 aliphatic rings. The molecule has 1 aromatic rings. The van der Waals surface area contributed by atoms with Gasteiger partial charge in [-0.05, 0) is 49.4 Å². The fourth-order valence-electron chi connectivity index (χ4n) is 2.08. The van der Waals surface area contributed by atoms with Crippen molar-refractivity contribution in [2.45, 2.75) is 52.1 Å². The second kappa shape index (κ2) is 6.24. The topological polar surface area (TPSA) is 63.4 Å². The maximum Gasteiger partial charge on any atom is 0.243 e. The van der Waals surface area contributed by atoms with Gasteiger partial charge in [0, 0.05) is 19.6 Å². The quantitative estimate of drug-likeness (QED) is 0.908. The van der Waals surface area contributed by atoms with E-state index < -0.39 is 10.0 Å². The summed E-state index contributed by atoms with van der Waals surface area (Å²) >= 11 is 0. The first-order valence-electron chi connectivity index (χ1n) is 6.91. The zero-order chi connectivity index (χ0) is 15.7. The smallest absolute Gasteiger partial charge is 0.243 e. The standard InChI is InChI=1S/C15H26N2O2S/c1-10(2)13(5)17(6)20(18,19)15-8-14(9-16)7-11(3)12(15)4/h7-8,10,13H,9,16H2,1-6H3. The monoisotopic (exact) mass is 298 g/mol. The number of hydrogen-bond acceptors (Lipinski definition) is 3. The summed E-state index contributed by atoms with van der Waals surface area (Å²) in [5.41, 5.74) is 8.25. The minimum atomic E-state index is -3.49. The minimum Gasteiger partial charge on any atom is -0.326 e. The van der Waals surface area contributed by atoms with Gasteiger partial charge < -0.3 is 5.73 Å². The first-order chi connectivity index (χ1) is 9.12. The largest absolute Gasteiger partial charge is 0.326 e. The second-order valence-corrected chi connectivity index (χ2v) is 7.71. The van der Waals surface area contributed by atoms with Gasteiger partial charge in [-0.15, -0.1) is 0 Å². The summed E-state index contributed by atoms with van der Waals surface area (Å²) in [6.45, 7) is 10.1. The van der Waals surface area contributed by atoms with Crippen LogP contribution in [0, 0.1) is 19.8 Å². The highest BCUT2D eigenvalue weighted by Gasteiger charge is 2.28. The third kappa shape index (κ3) is 3.22. The average molecular weight is 298 g/mol. The van der Waals surface area contributed by atoms with Crippen LogP contribution < -0.4 is 5.73 Å². The molecule has 1 unspecified atom stereocenters. The molecule has 0 amide bonds. The lowest BCUT2D eigenvalue weighted by atomic mass is 10.1. The Morgan fingerprint density at radius 1 is 1.20 bits per heavy atom. The van der Waals surface area contributed by atoms with E-state index in [4.69, 9.17) is 5.73 Å². The van der Waals surface area contributed by atoms with E-state index in [0.29, 0.717) is 11.4 Å². The molecule has 0 fully saturated rings. The highest BCUT2D eigenvalue weighted by atomic mass is 32.2. The number of nitrogens with zero attached hydrogens (tertiary/aromatic N) is 1. The van der Waals surface area contributed by atoms with Crippen LogP contribution in [0.2, 0.25) is 0 Å². The van der Waals surface area contributed by atoms with E-state index in [1.807, 2.05) is 40.7 Å². The summed E-state index contributed by atoms with van der Waals surface area (Å²) in [5, 5.41) is 0. The molecule has 0 aliphatic carbocycles. The second-order valence-electron chi connectivity index (χ2n) is 5.75. The molecule has 114 valence electrons. The van der Waals surface area contributed by atoms with Crippen LogP contribution in [0.3, 0.4) is 0 Å². The Labute approximate surface area is 123 Å². The van der Waals surface area contributed by atoms with E-state index in [-0.39, 0.29) is 12.0 Å². The van der Waals surface area contributed by atoms with Crippen molar-refractivity contribution in [2.75, 3.05) is 7.05 Å². The van der Waals surface area contributed by atoms with Gasteiger partial charge in [0.25, 0.3) is 0 Å². The van der Waals surface area contributed by atoms with E-state index in [1.54, 1.807) is 13.1 Å². The Morgan fingerprint density at radius 3 is 2.20 bits per heavy atom. The van der Waals surface area contributed by atoms with E-state index >= 15 is 0 Å². The SMILES string of the molecule is Cc1cc(CN)cc(S(=O)(=O)N(C)C(C)C(C)C)c1C. The first-order valence-corrected chi connectivity index (χ1v) is 8.35. The van der Waals surface area contributed by atoms with Gasteiger partial charge in [-0.3, -0.25) is 0 Å². The van der Waals surface area contributed by atoms with Gasteiger partial charge in [0.1, 0.15) is 0 Å². The molecular formula is C15H26N2O2S. The van der Waals surface area contributed by atoms with Gasteiger partial charge in [-0.2, -0.15) is 4.31 Å². The Balaban J connectivity index is 3.39. The van der Waals surface area contributed by atoms with Crippen LogP contribution in [-0.2, 0) is 16.6 Å². The molecule has 0 bridgehead atoms. The van der Waals surface area contributed by atoms with E-state index in [9.17, 15) is 8.42 Å². The van der Waals surface area contributed by atoms with Crippen LogP contribution in [0.1, 0.15) is 37.5 Å². The van der Waals surface area contributed by atoms with E-state index in [1.165, 1.54) is 4.31 Å². The van der Waals surface area contributed by atoms with Crippen molar-refractivity contribution in [1.29, 1.82) is 0 Å². The van der Waals surface area contributed by atoms with Crippen LogP contribution in [-0.4, -0.2) is 25.8 Å². The molecule has 2 N–H and O–H groups in total. The maximum atomic E-state index is 12.8. The minimum absolute atomic E-state index is 0.0544. The summed E-state index contributed by atoms with van der Waals surface area (Å²) in [5.74, 6) is 0.258. The van der Waals surface area contributed by atoms with Gasteiger partial charge in [0.2, 0.25) is 10.0 Å². The number of benzene rings is 1. The van der Waals surface area contributed by atoms with Crippen LogP contribution in [0.15, 0.2) is 17.0 Å². The van der Waals surface area contributed by atoms with Gasteiger partial charge in [0.05, 0.1) is 4.90 Å². The van der Waals surface area contributed by atoms with Gasteiger partial charge >= 0.3 is 0 Å². The number of aryl methyl sites for hydroxylation is 1. The fourth-order valence-corrected chi connectivity index (χ4v) is 3.92. The molecular weight excluding hydrogens is 272 g/mol. The third-order valence-corrected chi connectivity index (χ3v) is 6.18. The summed E-state index contributed by atoms with van der Waals surface area (Å²) in [4.78, 5) is 0.368. The Hall–Kier alpha value is -0.910. The molecule has 0 radical (unpaired) electrons. The van der Waals surface area contributed by atoms with Crippen molar-refractivity contribution in [3.05, 3.63) is 28.8 Å². The number of sulfonamides is 1. The molecule has 20 heavy (non-hydrogen) atoms. The molecule has 0 aromatic heterocycles. The lowest BCUT2D eigenvalue weighted by molar-refractivity contribution is 0.315. The Morgan fingerprint density at radius 2 is 1.75 bits per heavy atom. The van der Waals surface area contributed by atoms with Crippen LogP contribution in [0.5, 0.6) is 0 Å². The number of rotatable bonds is 5. The molecule has 0 aliphatic heterocycles. The highest BCUT2D eigenvalue weighted by molar-refractivity contribution is 7.89. The van der Waals surface area contributed by atoms with E-state index in [0.717, 1.165) is 16.7 Å². The highest BCUT2D eigenvalue weighted by Crippen LogP contribution is 2.26. The van der Waals surface area contributed by atoms with E-state index in [2.05, 4.69) is 0 Å². The average Bonchev–Trinajstić information content (AvgIpc) is 2.39. The zero-order valence-electron chi connectivity index (χ0n) is 13.3. The van der Waals surface area contributed by atoms with Gasteiger partial charge in [-0.1, -0.05) is 19.9 Å². The van der Waals surface area contributed by atoms with Crippen molar-refractivity contribution < 1.29 is 8.42 Å². The van der Waals surface area contributed by atoms with Crippen molar-refractivity contribution in [1.82, 2.24) is 4.31 Å². The molecule has 1 atom stereocenters. The zero-order valence-corrected chi connectivity index (χ0v) is 14.1. The third-order valence-electron chi connectivity index (χ3n) is 4.11. The maximum absolute atomic E-state index is 12.8. The number of hydrogen-bond donors (Lipinski definition) is 1. The predicted octanol–water partition coefficient (Wildman–Crippen LogP) is 2.43. The van der Waals surface area contributed by atoms with Crippen molar-refractivity contribution in [2.24, 2.45) is 11.7 Å². The lowest BCUT2D eigenvalue weighted by Crippen LogP contribution is -2.38. The number of nitrogens with two attached hydrogens (primary N) is 1. The summed E-state index contributed by atoms with van der Waals surface area (Å²) < 4.78 is 27.1. The predicted molar refractivity (Wildman–Crippen MR) is 83.1 cm³/mol. The molecule has 1 aromatic carbocycles. The summed E-state index contributed by atoms with van der Waals surface area (Å²) in [6, 6.07) is 3.59. The Kier molecular flexibility index (Phi) is 5.35.